The molecule has 1 N–H and O–H groups in total. The lowest BCUT2D eigenvalue weighted by molar-refractivity contribution is 0.303. The number of hydrogen-bond donors (Lipinski definition) is 1. The second-order valence-corrected chi connectivity index (χ2v) is 6.84. The molecule has 108 valence electrons. The molecule has 0 amide bonds. The normalized spacial score (nSPS) is 11.0. The Balaban J connectivity index is 1.88. The summed E-state index contributed by atoms with van der Waals surface area (Å²) in [6.45, 7) is 6.83. The molecule has 0 saturated heterocycles. The van der Waals surface area contributed by atoms with Gasteiger partial charge in [-0.25, -0.2) is 4.98 Å². The van der Waals surface area contributed by atoms with Crippen molar-refractivity contribution in [2.24, 2.45) is 5.92 Å². The van der Waals surface area contributed by atoms with Crippen LogP contribution in [0.25, 0.3) is 0 Å². The summed E-state index contributed by atoms with van der Waals surface area (Å²) in [5.41, 5.74) is 1.25. The average Bonchev–Trinajstić information content (AvgIpc) is 2.90. The van der Waals surface area contributed by atoms with Crippen LogP contribution < -0.4 is 10.1 Å². The van der Waals surface area contributed by atoms with E-state index in [4.69, 9.17) is 4.74 Å². The van der Waals surface area contributed by atoms with E-state index in [9.17, 15) is 0 Å². The van der Waals surface area contributed by atoms with Crippen LogP contribution >= 0.6 is 27.3 Å². The highest BCUT2D eigenvalue weighted by atomic mass is 79.9. The zero-order chi connectivity index (χ0) is 14.4. The highest BCUT2D eigenvalue weighted by Crippen LogP contribution is 2.27. The number of halogens is 1. The molecule has 3 nitrogen and oxygen atoms in total. The fourth-order valence-corrected chi connectivity index (χ4v) is 2.81. The van der Waals surface area contributed by atoms with Crippen molar-refractivity contribution in [2.45, 2.75) is 27.0 Å². The number of rotatable bonds is 7. The summed E-state index contributed by atoms with van der Waals surface area (Å²) in [5.74, 6) is 1.52. The van der Waals surface area contributed by atoms with Crippen molar-refractivity contribution in [3.63, 3.8) is 0 Å². The largest absolute Gasteiger partial charge is 0.485 e. The van der Waals surface area contributed by atoms with Crippen LogP contribution in [0.2, 0.25) is 0 Å². The van der Waals surface area contributed by atoms with Gasteiger partial charge in [0, 0.05) is 18.1 Å². The van der Waals surface area contributed by atoms with Gasteiger partial charge in [-0.1, -0.05) is 19.9 Å². The molecule has 0 aliphatic rings. The Bertz CT molecular complexity index is 529. The maximum Gasteiger partial charge on any atom is 0.140 e. The summed E-state index contributed by atoms with van der Waals surface area (Å²) in [4.78, 5) is 4.20. The van der Waals surface area contributed by atoms with Gasteiger partial charge in [-0.05, 0) is 46.1 Å². The Morgan fingerprint density at radius 3 is 2.90 bits per heavy atom. The Hall–Kier alpha value is -0.910. The van der Waals surface area contributed by atoms with Crippen LogP contribution in [0, 0.1) is 5.92 Å². The number of ether oxygens (including phenoxy) is 1. The summed E-state index contributed by atoms with van der Waals surface area (Å²) in [5, 5.41) is 6.37. The SMILES string of the molecule is CC(C)CNCc1ccc(OCc2nccs2)c(Br)c1. The van der Waals surface area contributed by atoms with Gasteiger partial charge in [-0.2, -0.15) is 0 Å². The lowest BCUT2D eigenvalue weighted by Gasteiger charge is -2.10. The van der Waals surface area contributed by atoms with Crippen molar-refractivity contribution in [1.82, 2.24) is 10.3 Å². The summed E-state index contributed by atoms with van der Waals surface area (Å²) in [6.07, 6.45) is 1.79. The minimum Gasteiger partial charge on any atom is -0.485 e. The number of nitrogens with one attached hydrogen (secondary N) is 1. The smallest absolute Gasteiger partial charge is 0.140 e. The number of nitrogens with zero attached hydrogens (tertiary/aromatic N) is 1. The first-order valence-corrected chi connectivity index (χ1v) is 8.32. The predicted molar refractivity (Wildman–Crippen MR) is 87.1 cm³/mol. The Morgan fingerprint density at radius 1 is 1.40 bits per heavy atom. The van der Waals surface area contributed by atoms with E-state index in [0.717, 1.165) is 28.3 Å². The van der Waals surface area contributed by atoms with Crippen LogP contribution in [-0.2, 0) is 13.2 Å². The molecule has 0 spiro atoms. The number of thiazole rings is 1. The van der Waals surface area contributed by atoms with Gasteiger partial charge in [0.2, 0.25) is 0 Å². The van der Waals surface area contributed by atoms with Crippen LogP contribution in [0.4, 0.5) is 0 Å². The zero-order valence-corrected chi connectivity index (χ0v) is 14.1. The molecule has 0 saturated carbocycles. The molecule has 20 heavy (non-hydrogen) atoms. The Kier molecular flexibility index (Phi) is 6.01. The number of aromatic nitrogens is 1. The van der Waals surface area contributed by atoms with Gasteiger partial charge >= 0.3 is 0 Å². The molecule has 0 aliphatic carbocycles. The van der Waals surface area contributed by atoms with Crippen LogP contribution in [0.3, 0.4) is 0 Å². The third-order valence-electron chi connectivity index (χ3n) is 2.71. The molecule has 0 radical (unpaired) electrons. The second-order valence-electron chi connectivity index (χ2n) is 5.00. The molecule has 0 atom stereocenters. The predicted octanol–water partition coefficient (Wildman–Crippen LogP) is 4.23. The van der Waals surface area contributed by atoms with E-state index in [1.165, 1.54) is 5.56 Å². The average molecular weight is 355 g/mol. The second kappa shape index (κ2) is 7.76. The third-order valence-corrected chi connectivity index (χ3v) is 4.09. The van der Waals surface area contributed by atoms with Crippen LogP contribution in [0.15, 0.2) is 34.2 Å². The van der Waals surface area contributed by atoms with Gasteiger partial charge in [0.05, 0.1) is 4.47 Å². The third kappa shape index (κ3) is 4.89. The standard InChI is InChI=1S/C15H19BrN2OS/c1-11(2)8-17-9-12-3-4-14(13(16)7-12)19-10-15-18-5-6-20-15/h3-7,11,17H,8-10H2,1-2H3. The molecule has 0 unspecified atom stereocenters. The van der Waals surface area contributed by atoms with Gasteiger partial charge < -0.3 is 10.1 Å². The summed E-state index contributed by atoms with van der Waals surface area (Å²) < 4.78 is 6.74. The Labute approximate surface area is 132 Å². The van der Waals surface area contributed by atoms with Crippen LogP contribution in [0.5, 0.6) is 5.75 Å². The van der Waals surface area contributed by atoms with Crippen molar-refractivity contribution in [1.29, 1.82) is 0 Å². The minimum absolute atomic E-state index is 0.515. The van der Waals surface area contributed by atoms with E-state index >= 15 is 0 Å². The van der Waals surface area contributed by atoms with Gasteiger partial charge in [0.25, 0.3) is 0 Å². The van der Waals surface area contributed by atoms with Gasteiger partial charge in [0.1, 0.15) is 17.4 Å². The maximum absolute atomic E-state index is 5.76. The molecular formula is C15H19BrN2OS. The fourth-order valence-electron chi connectivity index (χ4n) is 1.74. The Morgan fingerprint density at radius 2 is 2.25 bits per heavy atom. The lowest BCUT2D eigenvalue weighted by Crippen LogP contribution is -2.18. The lowest BCUT2D eigenvalue weighted by atomic mass is 10.2. The number of benzene rings is 1. The van der Waals surface area contributed by atoms with Gasteiger partial charge in [0.15, 0.2) is 0 Å². The zero-order valence-electron chi connectivity index (χ0n) is 11.7. The molecule has 0 bridgehead atoms. The molecule has 1 aromatic carbocycles. The van der Waals surface area contributed by atoms with Crippen LogP contribution in [0.1, 0.15) is 24.4 Å². The quantitative estimate of drug-likeness (QED) is 0.807. The fraction of sp³-hybridized carbons (Fsp3) is 0.400. The topological polar surface area (TPSA) is 34.1 Å². The number of hydrogen-bond acceptors (Lipinski definition) is 4. The van der Waals surface area contributed by atoms with E-state index in [1.54, 1.807) is 17.5 Å². The van der Waals surface area contributed by atoms with Crippen LogP contribution in [-0.4, -0.2) is 11.5 Å². The molecular weight excluding hydrogens is 336 g/mol. The van der Waals surface area contributed by atoms with Crippen molar-refractivity contribution in [3.05, 3.63) is 44.8 Å². The van der Waals surface area contributed by atoms with Gasteiger partial charge in [-0.15, -0.1) is 11.3 Å². The van der Waals surface area contributed by atoms with E-state index in [-0.39, 0.29) is 0 Å². The monoisotopic (exact) mass is 354 g/mol. The van der Waals surface area contributed by atoms with Crippen molar-refractivity contribution in [3.8, 4) is 5.75 Å². The van der Waals surface area contributed by atoms with E-state index in [0.29, 0.717) is 12.5 Å². The minimum atomic E-state index is 0.515. The maximum atomic E-state index is 5.76. The van der Waals surface area contributed by atoms with Crippen molar-refractivity contribution >= 4 is 27.3 Å². The molecule has 0 fully saturated rings. The molecule has 1 aromatic heterocycles. The summed E-state index contributed by atoms with van der Waals surface area (Å²) in [6, 6.07) is 6.20. The van der Waals surface area contributed by atoms with E-state index in [1.807, 2.05) is 11.4 Å². The van der Waals surface area contributed by atoms with E-state index < -0.39 is 0 Å². The molecule has 1 heterocycles. The molecule has 5 heteroatoms. The first kappa shape index (κ1) is 15.5. The highest BCUT2D eigenvalue weighted by Gasteiger charge is 2.04. The molecule has 2 aromatic rings. The van der Waals surface area contributed by atoms with E-state index in [2.05, 4.69) is 52.2 Å². The first-order valence-electron chi connectivity index (χ1n) is 6.65. The van der Waals surface area contributed by atoms with Gasteiger partial charge in [-0.3, -0.25) is 0 Å². The molecule has 0 aliphatic heterocycles. The van der Waals surface area contributed by atoms with Crippen molar-refractivity contribution < 1.29 is 4.74 Å². The van der Waals surface area contributed by atoms with Crippen molar-refractivity contribution in [2.75, 3.05) is 6.54 Å². The molecule has 2 rings (SSSR count). The highest BCUT2D eigenvalue weighted by molar-refractivity contribution is 9.10. The summed E-state index contributed by atoms with van der Waals surface area (Å²) in [7, 11) is 0. The first-order chi connectivity index (χ1) is 9.65. The summed E-state index contributed by atoms with van der Waals surface area (Å²) >= 11 is 5.17.